The summed E-state index contributed by atoms with van der Waals surface area (Å²) in [6, 6.07) is 7.18. The third-order valence-corrected chi connectivity index (χ3v) is 7.24. The Morgan fingerprint density at radius 2 is 2.06 bits per heavy atom. The SMILES string of the molecule is C[C@@H](O)C#Cc1cc2ncn(-c3ccc(N4CC[C@@H](N5CCCC5)C4)c(F)c3)c(=O)c2s1. The number of likely N-dealkylation sites (tertiary alicyclic amines) is 1. The first-order valence-electron chi connectivity index (χ1n) is 11.0. The molecule has 5 rings (SSSR count). The van der Waals surface area contributed by atoms with Crippen LogP contribution in [0.25, 0.3) is 15.9 Å². The standard InChI is InChI=1S/C24H25FN4O2S/c1-16(30)4-6-19-13-21-23(32-19)24(31)29(15-26-21)17-5-7-22(20(25)12-17)28-11-8-18(14-28)27-9-2-3-10-27/h5,7,12-13,15-16,18,30H,2-3,8-11,14H2,1H3/t16-,18-/m1/s1. The van der Waals surface area contributed by atoms with Gasteiger partial charge in [-0.3, -0.25) is 14.3 Å². The van der Waals surface area contributed by atoms with Gasteiger partial charge in [-0.1, -0.05) is 11.8 Å². The molecule has 0 spiro atoms. The molecule has 0 amide bonds. The Morgan fingerprint density at radius 1 is 1.25 bits per heavy atom. The van der Waals surface area contributed by atoms with Gasteiger partial charge in [0.2, 0.25) is 0 Å². The van der Waals surface area contributed by atoms with Crippen molar-refractivity contribution in [2.75, 3.05) is 31.1 Å². The van der Waals surface area contributed by atoms with Gasteiger partial charge in [0.05, 0.1) is 21.8 Å². The minimum absolute atomic E-state index is 0.257. The molecule has 166 valence electrons. The van der Waals surface area contributed by atoms with E-state index in [1.165, 1.54) is 41.1 Å². The smallest absolute Gasteiger partial charge is 0.275 e. The summed E-state index contributed by atoms with van der Waals surface area (Å²) in [5, 5.41) is 9.34. The van der Waals surface area contributed by atoms with Gasteiger partial charge in [-0.25, -0.2) is 9.37 Å². The lowest BCUT2D eigenvalue weighted by molar-refractivity contribution is 0.253. The van der Waals surface area contributed by atoms with Crippen molar-refractivity contribution < 1.29 is 9.50 Å². The Balaban J connectivity index is 1.41. The summed E-state index contributed by atoms with van der Waals surface area (Å²) < 4.78 is 16.9. The number of fused-ring (bicyclic) bond motifs is 1. The molecule has 0 saturated carbocycles. The zero-order valence-corrected chi connectivity index (χ0v) is 18.7. The third kappa shape index (κ3) is 4.04. The van der Waals surface area contributed by atoms with Gasteiger partial charge in [0.25, 0.3) is 5.56 Å². The van der Waals surface area contributed by atoms with Crippen molar-refractivity contribution in [2.24, 2.45) is 0 Å². The summed E-state index contributed by atoms with van der Waals surface area (Å²) in [5.74, 6) is 5.20. The first kappa shape index (κ1) is 21.1. The molecule has 2 atom stereocenters. The number of aliphatic hydroxyl groups excluding tert-OH is 1. The maximum Gasteiger partial charge on any atom is 0.275 e. The third-order valence-electron chi connectivity index (χ3n) is 6.21. The largest absolute Gasteiger partial charge is 0.381 e. The van der Waals surface area contributed by atoms with Gasteiger partial charge in [0.1, 0.15) is 22.9 Å². The summed E-state index contributed by atoms with van der Waals surface area (Å²) >= 11 is 1.23. The lowest BCUT2D eigenvalue weighted by atomic mass is 10.2. The first-order valence-corrected chi connectivity index (χ1v) is 11.8. The topological polar surface area (TPSA) is 61.6 Å². The number of aromatic nitrogens is 2. The number of aliphatic hydroxyl groups is 1. The molecule has 32 heavy (non-hydrogen) atoms. The molecule has 1 aromatic carbocycles. The van der Waals surface area contributed by atoms with Gasteiger partial charge >= 0.3 is 0 Å². The molecule has 1 N–H and O–H groups in total. The van der Waals surface area contributed by atoms with Crippen LogP contribution in [-0.4, -0.2) is 57.9 Å². The van der Waals surface area contributed by atoms with E-state index in [0.717, 1.165) is 32.6 Å². The number of anilines is 1. The number of nitrogens with zero attached hydrogens (tertiary/aromatic N) is 4. The Bertz CT molecular complexity index is 1270. The fourth-order valence-corrected chi connectivity index (χ4v) is 5.50. The molecular weight excluding hydrogens is 427 g/mol. The molecule has 0 bridgehead atoms. The minimum Gasteiger partial charge on any atom is -0.381 e. The molecule has 2 saturated heterocycles. The van der Waals surface area contributed by atoms with Crippen LogP contribution in [0.2, 0.25) is 0 Å². The van der Waals surface area contributed by atoms with Gasteiger partial charge < -0.3 is 10.0 Å². The summed E-state index contributed by atoms with van der Waals surface area (Å²) in [7, 11) is 0. The van der Waals surface area contributed by atoms with Crippen LogP contribution in [0.4, 0.5) is 10.1 Å². The van der Waals surface area contributed by atoms with Crippen LogP contribution in [-0.2, 0) is 0 Å². The average molecular weight is 453 g/mol. The lowest BCUT2D eigenvalue weighted by Gasteiger charge is -2.24. The molecule has 0 aliphatic carbocycles. The van der Waals surface area contributed by atoms with Crippen LogP contribution in [0, 0.1) is 17.7 Å². The number of thiophene rings is 1. The van der Waals surface area contributed by atoms with E-state index in [-0.39, 0.29) is 11.4 Å². The van der Waals surface area contributed by atoms with E-state index < -0.39 is 6.10 Å². The van der Waals surface area contributed by atoms with Gasteiger partial charge in [-0.15, -0.1) is 11.3 Å². The highest BCUT2D eigenvalue weighted by Gasteiger charge is 2.30. The minimum atomic E-state index is -0.743. The molecule has 3 aromatic rings. The Hall–Kier alpha value is -2.73. The maximum atomic E-state index is 15.1. The number of rotatable bonds is 3. The van der Waals surface area contributed by atoms with Crippen molar-refractivity contribution in [1.29, 1.82) is 0 Å². The monoisotopic (exact) mass is 452 g/mol. The molecule has 2 aliphatic rings. The molecule has 4 heterocycles. The van der Waals surface area contributed by atoms with Crippen LogP contribution in [0.5, 0.6) is 0 Å². The van der Waals surface area contributed by atoms with Crippen molar-refractivity contribution >= 4 is 27.2 Å². The highest BCUT2D eigenvalue weighted by molar-refractivity contribution is 7.19. The van der Waals surface area contributed by atoms with E-state index in [1.54, 1.807) is 25.1 Å². The van der Waals surface area contributed by atoms with E-state index in [0.29, 0.717) is 32.5 Å². The van der Waals surface area contributed by atoms with Crippen LogP contribution in [0.3, 0.4) is 0 Å². The summed E-state index contributed by atoms with van der Waals surface area (Å²) in [5.41, 5.74) is 1.33. The van der Waals surface area contributed by atoms with E-state index in [2.05, 4.69) is 26.6 Å². The number of hydrogen-bond acceptors (Lipinski definition) is 6. The summed E-state index contributed by atoms with van der Waals surface area (Å²) in [6.07, 6.45) is 4.25. The van der Waals surface area contributed by atoms with Crippen LogP contribution >= 0.6 is 11.3 Å². The van der Waals surface area contributed by atoms with Gasteiger partial charge in [0, 0.05) is 25.2 Å². The Morgan fingerprint density at radius 3 is 2.81 bits per heavy atom. The number of halogens is 1. The van der Waals surface area contributed by atoms with E-state index in [4.69, 9.17) is 0 Å². The maximum absolute atomic E-state index is 15.1. The van der Waals surface area contributed by atoms with E-state index in [9.17, 15) is 9.90 Å². The summed E-state index contributed by atoms with van der Waals surface area (Å²) in [4.78, 5) is 22.7. The van der Waals surface area contributed by atoms with Gasteiger partial charge in [0.15, 0.2) is 0 Å². The normalized spacial score (nSPS) is 20.0. The van der Waals surface area contributed by atoms with Crippen LogP contribution in [0.15, 0.2) is 35.4 Å². The predicted molar refractivity (Wildman–Crippen MR) is 125 cm³/mol. The fraction of sp³-hybridized carbons (Fsp3) is 0.417. The number of hydrogen-bond donors (Lipinski definition) is 1. The molecule has 2 aromatic heterocycles. The van der Waals surface area contributed by atoms with E-state index >= 15 is 4.39 Å². The zero-order chi connectivity index (χ0) is 22.2. The first-order chi connectivity index (χ1) is 15.5. The Kier molecular flexibility index (Phi) is 5.72. The highest BCUT2D eigenvalue weighted by atomic mass is 32.1. The zero-order valence-electron chi connectivity index (χ0n) is 17.9. The van der Waals surface area contributed by atoms with E-state index in [1.807, 2.05) is 0 Å². The highest BCUT2D eigenvalue weighted by Crippen LogP contribution is 2.29. The fourth-order valence-electron chi connectivity index (χ4n) is 4.60. The van der Waals surface area contributed by atoms with Crippen molar-refractivity contribution in [2.45, 2.75) is 38.3 Å². The second kappa shape index (κ2) is 8.66. The van der Waals surface area contributed by atoms with Crippen molar-refractivity contribution in [3.8, 4) is 17.5 Å². The molecule has 8 heteroatoms. The molecule has 6 nitrogen and oxygen atoms in total. The second-order valence-electron chi connectivity index (χ2n) is 8.46. The van der Waals surface area contributed by atoms with Crippen molar-refractivity contribution in [1.82, 2.24) is 14.5 Å². The quantitative estimate of drug-likeness (QED) is 0.619. The Labute approximate surface area is 189 Å². The average Bonchev–Trinajstić information content (AvgIpc) is 3.52. The summed E-state index contributed by atoms with van der Waals surface area (Å²) in [6.45, 7) is 5.56. The van der Waals surface area contributed by atoms with Crippen molar-refractivity contribution in [3.05, 3.63) is 51.6 Å². The van der Waals surface area contributed by atoms with Crippen molar-refractivity contribution in [3.63, 3.8) is 0 Å². The lowest BCUT2D eigenvalue weighted by Crippen LogP contribution is -2.35. The predicted octanol–water partition coefficient (Wildman–Crippen LogP) is 2.99. The second-order valence-corrected chi connectivity index (χ2v) is 9.51. The molecule has 2 fully saturated rings. The molecular formula is C24H25FN4O2S. The van der Waals surface area contributed by atoms with Crippen LogP contribution in [0.1, 0.15) is 31.1 Å². The van der Waals surface area contributed by atoms with Gasteiger partial charge in [-0.2, -0.15) is 0 Å². The van der Waals surface area contributed by atoms with Gasteiger partial charge in [-0.05, 0) is 57.5 Å². The number of benzene rings is 1. The molecule has 0 radical (unpaired) electrons. The molecule has 0 unspecified atom stereocenters. The molecule has 2 aliphatic heterocycles. The van der Waals surface area contributed by atoms with Crippen LogP contribution < -0.4 is 10.5 Å².